The van der Waals surface area contributed by atoms with Crippen molar-refractivity contribution in [3.05, 3.63) is 18.7 Å². The van der Waals surface area contributed by atoms with Gasteiger partial charge in [-0.1, -0.05) is 6.92 Å². The summed E-state index contributed by atoms with van der Waals surface area (Å²) in [5, 5.41) is 3.27. The predicted molar refractivity (Wildman–Crippen MR) is 71.8 cm³/mol. The van der Waals surface area contributed by atoms with Crippen molar-refractivity contribution in [1.82, 2.24) is 24.5 Å². The first-order valence-corrected chi connectivity index (χ1v) is 6.44. The van der Waals surface area contributed by atoms with Gasteiger partial charge in [-0.05, 0) is 24.7 Å². The second kappa shape index (κ2) is 4.49. The summed E-state index contributed by atoms with van der Waals surface area (Å²) in [6.45, 7) is 3.10. The van der Waals surface area contributed by atoms with Crippen LogP contribution in [0.2, 0.25) is 0 Å². The molecule has 3 N–H and O–H groups in total. The second-order valence-electron chi connectivity index (χ2n) is 4.99. The van der Waals surface area contributed by atoms with Gasteiger partial charge in [0.25, 0.3) is 0 Å². The van der Waals surface area contributed by atoms with Crippen LogP contribution in [0.3, 0.4) is 0 Å². The van der Waals surface area contributed by atoms with Crippen LogP contribution in [0.1, 0.15) is 26.2 Å². The van der Waals surface area contributed by atoms with E-state index in [1.165, 1.54) is 19.3 Å². The third kappa shape index (κ3) is 2.49. The maximum absolute atomic E-state index is 5.72. The molecule has 7 nitrogen and oxygen atoms in total. The summed E-state index contributed by atoms with van der Waals surface area (Å²) < 4.78 is 1.70. The number of nitrogen functional groups attached to an aromatic ring is 1. The van der Waals surface area contributed by atoms with Crippen molar-refractivity contribution in [3.8, 4) is 5.95 Å². The average molecular weight is 259 g/mol. The van der Waals surface area contributed by atoms with E-state index >= 15 is 0 Å². The number of nitrogens with zero attached hydrogens (tertiary/aromatic N) is 5. The summed E-state index contributed by atoms with van der Waals surface area (Å²) in [7, 11) is 0. The van der Waals surface area contributed by atoms with Gasteiger partial charge in [0.15, 0.2) is 0 Å². The zero-order valence-corrected chi connectivity index (χ0v) is 10.9. The lowest BCUT2D eigenvalue weighted by atomic mass is 10.0. The first-order valence-electron chi connectivity index (χ1n) is 6.44. The maximum Gasteiger partial charge on any atom is 0.241 e. The van der Waals surface area contributed by atoms with Crippen LogP contribution in [0.15, 0.2) is 18.7 Å². The Morgan fingerprint density at radius 2 is 2.21 bits per heavy atom. The molecule has 0 spiro atoms. The van der Waals surface area contributed by atoms with Gasteiger partial charge in [-0.3, -0.25) is 4.57 Å². The monoisotopic (exact) mass is 259 g/mol. The molecule has 2 aromatic heterocycles. The summed E-state index contributed by atoms with van der Waals surface area (Å²) in [4.78, 5) is 16.5. The molecule has 3 rings (SSSR count). The number of imidazole rings is 1. The van der Waals surface area contributed by atoms with Crippen LogP contribution in [0.25, 0.3) is 5.95 Å². The molecule has 1 saturated carbocycles. The fourth-order valence-electron chi connectivity index (χ4n) is 2.05. The highest BCUT2D eigenvalue weighted by Gasteiger charge is 2.40. The highest BCUT2D eigenvalue weighted by molar-refractivity contribution is 5.35. The lowest BCUT2D eigenvalue weighted by Gasteiger charge is -2.13. The molecule has 7 heteroatoms. The molecule has 0 aromatic carbocycles. The second-order valence-corrected chi connectivity index (χ2v) is 4.99. The van der Waals surface area contributed by atoms with E-state index in [4.69, 9.17) is 5.73 Å². The molecule has 0 saturated heterocycles. The van der Waals surface area contributed by atoms with E-state index in [0.717, 1.165) is 6.54 Å². The highest BCUT2D eigenvalue weighted by Crippen LogP contribution is 2.48. The molecule has 1 fully saturated rings. The standard InChI is InChI=1S/C12H17N7/c1-2-12(3-4-12)7-15-10-16-9(13)17-11(18-10)19-6-5-14-8-19/h5-6,8H,2-4,7H2,1H3,(H3,13,15,16,17,18). The molecule has 1 aliphatic rings. The molecule has 0 atom stereocenters. The number of anilines is 2. The molecule has 0 bridgehead atoms. The van der Waals surface area contributed by atoms with Gasteiger partial charge in [0, 0.05) is 18.9 Å². The number of hydrogen-bond donors (Lipinski definition) is 2. The largest absolute Gasteiger partial charge is 0.368 e. The number of aromatic nitrogens is 5. The summed E-state index contributed by atoms with van der Waals surface area (Å²) in [6, 6.07) is 0. The third-order valence-electron chi connectivity index (χ3n) is 3.70. The predicted octanol–water partition coefficient (Wildman–Crippen LogP) is 1.24. The Bertz CT molecular complexity index is 559. The minimum Gasteiger partial charge on any atom is -0.368 e. The molecular weight excluding hydrogens is 242 g/mol. The topological polar surface area (TPSA) is 94.5 Å². The van der Waals surface area contributed by atoms with Crippen LogP contribution in [-0.4, -0.2) is 31.0 Å². The number of rotatable bonds is 5. The number of hydrogen-bond acceptors (Lipinski definition) is 6. The van der Waals surface area contributed by atoms with Crippen LogP contribution in [0.4, 0.5) is 11.9 Å². The van der Waals surface area contributed by atoms with Gasteiger partial charge >= 0.3 is 0 Å². The summed E-state index contributed by atoms with van der Waals surface area (Å²) in [5.74, 6) is 1.22. The molecule has 2 heterocycles. The molecule has 0 aliphatic heterocycles. The Labute approximate surface area is 111 Å². The van der Waals surface area contributed by atoms with Gasteiger partial charge in [0.2, 0.25) is 17.8 Å². The maximum atomic E-state index is 5.72. The Hall–Kier alpha value is -2.18. The van der Waals surface area contributed by atoms with Crippen LogP contribution in [0.5, 0.6) is 0 Å². The van der Waals surface area contributed by atoms with Gasteiger partial charge in [-0.2, -0.15) is 15.0 Å². The fraction of sp³-hybridized carbons (Fsp3) is 0.500. The molecule has 0 radical (unpaired) electrons. The molecule has 0 amide bonds. The van der Waals surface area contributed by atoms with Crippen LogP contribution < -0.4 is 11.1 Å². The van der Waals surface area contributed by atoms with Crippen molar-refractivity contribution in [3.63, 3.8) is 0 Å². The Morgan fingerprint density at radius 3 is 2.84 bits per heavy atom. The zero-order chi connectivity index (χ0) is 13.3. The van der Waals surface area contributed by atoms with E-state index in [9.17, 15) is 0 Å². The first-order chi connectivity index (χ1) is 9.21. The molecule has 1 aliphatic carbocycles. The Balaban J connectivity index is 1.78. The highest BCUT2D eigenvalue weighted by atomic mass is 15.3. The van der Waals surface area contributed by atoms with E-state index in [0.29, 0.717) is 17.3 Å². The van der Waals surface area contributed by atoms with Gasteiger partial charge in [0.1, 0.15) is 6.33 Å². The molecule has 0 unspecified atom stereocenters. The molecular formula is C12H17N7. The van der Waals surface area contributed by atoms with Crippen LogP contribution >= 0.6 is 0 Å². The number of nitrogens with one attached hydrogen (secondary N) is 1. The lowest BCUT2D eigenvalue weighted by molar-refractivity contribution is 0.519. The van der Waals surface area contributed by atoms with Gasteiger partial charge in [0.05, 0.1) is 0 Å². The van der Waals surface area contributed by atoms with E-state index in [1.54, 1.807) is 23.3 Å². The Kier molecular flexibility index (Phi) is 2.81. The first kappa shape index (κ1) is 11.9. The minimum atomic E-state index is 0.211. The van der Waals surface area contributed by atoms with Crippen molar-refractivity contribution in [2.24, 2.45) is 5.41 Å². The van der Waals surface area contributed by atoms with E-state index in [-0.39, 0.29) is 5.95 Å². The zero-order valence-electron chi connectivity index (χ0n) is 10.9. The van der Waals surface area contributed by atoms with Crippen LogP contribution in [0, 0.1) is 5.41 Å². The van der Waals surface area contributed by atoms with Crippen molar-refractivity contribution >= 4 is 11.9 Å². The molecule has 2 aromatic rings. The molecule has 19 heavy (non-hydrogen) atoms. The quantitative estimate of drug-likeness (QED) is 0.839. The lowest BCUT2D eigenvalue weighted by Crippen LogP contribution is -2.17. The van der Waals surface area contributed by atoms with Crippen molar-refractivity contribution in [2.45, 2.75) is 26.2 Å². The van der Waals surface area contributed by atoms with E-state index < -0.39 is 0 Å². The summed E-state index contributed by atoms with van der Waals surface area (Å²) in [5.41, 5.74) is 6.14. The van der Waals surface area contributed by atoms with E-state index in [2.05, 4.69) is 32.2 Å². The van der Waals surface area contributed by atoms with Crippen molar-refractivity contribution < 1.29 is 0 Å². The average Bonchev–Trinajstić information content (AvgIpc) is 2.98. The van der Waals surface area contributed by atoms with Gasteiger partial charge < -0.3 is 11.1 Å². The smallest absolute Gasteiger partial charge is 0.241 e. The van der Waals surface area contributed by atoms with Crippen LogP contribution in [-0.2, 0) is 0 Å². The Morgan fingerprint density at radius 1 is 1.37 bits per heavy atom. The van der Waals surface area contributed by atoms with Crippen molar-refractivity contribution in [2.75, 3.05) is 17.6 Å². The van der Waals surface area contributed by atoms with Crippen molar-refractivity contribution in [1.29, 1.82) is 0 Å². The summed E-state index contributed by atoms with van der Waals surface area (Å²) in [6.07, 6.45) is 8.79. The molecule has 100 valence electrons. The SMILES string of the molecule is CCC1(CNc2nc(N)nc(-n3ccnc3)n2)CC1. The minimum absolute atomic E-state index is 0.211. The normalized spacial score (nSPS) is 16.3. The van der Waals surface area contributed by atoms with Gasteiger partial charge in [-0.15, -0.1) is 0 Å². The fourth-order valence-corrected chi connectivity index (χ4v) is 2.05. The summed E-state index contributed by atoms with van der Waals surface area (Å²) >= 11 is 0. The van der Waals surface area contributed by atoms with Gasteiger partial charge in [-0.25, -0.2) is 4.98 Å². The third-order valence-corrected chi connectivity index (χ3v) is 3.70. The number of nitrogens with two attached hydrogens (primary N) is 1. The van der Waals surface area contributed by atoms with E-state index in [1.807, 2.05) is 0 Å².